The Balaban J connectivity index is 2.54. The van der Waals surface area contributed by atoms with Gasteiger partial charge in [-0.1, -0.05) is 18.2 Å². The van der Waals surface area contributed by atoms with E-state index < -0.39 is 11.4 Å². The van der Waals surface area contributed by atoms with Crippen molar-refractivity contribution in [3.8, 4) is 0 Å². The third kappa shape index (κ3) is 1.88. The number of aromatic amines is 1. The predicted octanol–water partition coefficient (Wildman–Crippen LogP) is 2.54. The van der Waals surface area contributed by atoms with Crippen LogP contribution in [0.1, 0.15) is 25.5 Å². The number of rotatable bonds is 4. The van der Waals surface area contributed by atoms with Crippen molar-refractivity contribution in [1.29, 1.82) is 0 Å². The van der Waals surface area contributed by atoms with Gasteiger partial charge in [0.1, 0.15) is 0 Å². The van der Waals surface area contributed by atoms with E-state index in [0.29, 0.717) is 0 Å². The van der Waals surface area contributed by atoms with Crippen LogP contribution in [0.3, 0.4) is 0 Å². The summed E-state index contributed by atoms with van der Waals surface area (Å²) >= 11 is 0. The Hall–Kier alpha value is -1.81. The molecule has 0 bridgehead atoms. The van der Waals surface area contributed by atoms with E-state index >= 15 is 0 Å². The second-order valence-electron chi connectivity index (χ2n) is 5.04. The molecule has 0 fully saturated rings. The molecule has 4 heteroatoms. The van der Waals surface area contributed by atoms with Gasteiger partial charge in [-0.15, -0.1) is 0 Å². The number of hydrogen-bond donors (Lipinski definition) is 3. The van der Waals surface area contributed by atoms with Crippen LogP contribution in [0.4, 0.5) is 0 Å². The van der Waals surface area contributed by atoms with Gasteiger partial charge in [-0.25, -0.2) is 0 Å². The number of fused-ring (bicyclic) bond motifs is 1. The molecule has 0 aliphatic heterocycles. The summed E-state index contributed by atoms with van der Waals surface area (Å²) in [5.74, 6) is -0.813. The van der Waals surface area contributed by atoms with Gasteiger partial charge in [-0.3, -0.25) is 4.79 Å². The van der Waals surface area contributed by atoms with Gasteiger partial charge in [0.15, 0.2) is 0 Å². The first-order valence-electron chi connectivity index (χ1n) is 5.95. The monoisotopic (exact) mass is 246 g/mol. The molecule has 1 heterocycles. The van der Waals surface area contributed by atoms with Crippen LogP contribution in [0.25, 0.3) is 10.9 Å². The minimum Gasteiger partial charge on any atom is -0.481 e. The maximum absolute atomic E-state index is 11.4. The maximum atomic E-state index is 11.4. The average molecular weight is 246 g/mol. The molecule has 1 unspecified atom stereocenters. The molecule has 0 saturated heterocycles. The van der Waals surface area contributed by atoms with E-state index in [0.717, 1.165) is 16.5 Å². The molecule has 3 N–H and O–H groups in total. The lowest BCUT2D eigenvalue weighted by atomic mass is 9.80. The molecular formula is C14H18N2O2. The number of aliphatic carboxylic acids is 1. The van der Waals surface area contributed by atoms with E-state index in [1.165, 1.54) is 0 Å². The van der Waals surface area contributed by atoms with Crippen LogP contribution >= 0.6 is 0 Å². The summed E-state index contributed by atoms with van der Waals surface area (Å²) in [6.45, 7) is 3.47. The van der Waals surface area contributed by atoms with Crippen LogP contribution in [0.2, 0.25) is 0 Å². The zero-order valence-electron chi connectivity index (χ0n) is 10.8. The number of aromatic nitrogens is 1. The molecule has 0 radical (unpaired) electrons. The smallest absolute Gasteiger partial charge is 0.311 e. The van der Waals surface area contributed by atoms with Gasteiger partial charge in [0.05, 0.1) is 5.41 Å². The lowest BCUT2D eigenvalue weighted by molar-refractivity contribution is -0.148. The van der Waals surface area contributed by atoms with Gasteiger partial charge in [0, 0.05) is 23.1 Å². The van der Waals surface area contributed by atoms with E-state index in [9.17, 15) is 9.90 Å². The number of benzene rings is 1. The molecule has 2 rings (SSSR count). The molecule has 0 aliphatic rings. The topological polar surface area (TPSA) is 65.1 Å². The first-order valence-corrected chi connectivity index (χ1v) is 5.95. The van der Waals surface area contributed by atoms with Gasteiger partial charge in [0.2, 0.25) is 0 Å². The highest BCUT2D eigenvalue weighted by Crippen LogP contribution is 2.36. The number of para-hydroxylation sites is 1. The average Bonchev–Trinajstić information content (AvgIpc) is 2.74. The van der Waals surface area contributed by atoms with E-state index in [1.54, 1.807) is 20.9 Å². The van der Waals surface area contributed by atoms with Gasteiger partial charge in [0.25, 0.3) is 0 Å². The number of H-pyrrole nitrogens is 1. The van der Waals surface area contributed by atoms with Crippen LogP contribution < -0.4 is 5.32 Å². The fourth-order valence-electron chi connectivity index (χ4n) is 2.36. The Morgan fingerprint density at radius 1 is 1.39 bits per heavy atom. The van der Waals surface area contributed by atoms with Gasteiger partial charge >= 0.3 is 5.97 Å². The second kappa shape index (κ2) is 4.46. The summed E-state index contributed by atoms with van der Waals surface area (Å²) in [7, 11) is 1.79. The van der Waals surface area contributed by atoms with Crippen molar-refractivity contribution in [2.45, 2.75) is 19.9 Å². The van der Waals surface area contributed by atoms with Crippen molar-refractivity contribution in [2.24, 2.45) is 5.41 Å². The van der Waals surface area contributed by atoms with E-state index in [2.05, 4.69) is 10.3 Å². The van der Waals surface area contributed by atoms with Gasteiger partial charge < -0.3 is 15.4 Å². The zero-order valence-corrected chi connectivity index (χ0v) is 10.8. The van der Waals surface area contributed by atoms with Crippen molar-refractivity contribution in [3.63, 3.8) is 0 Å². The number of hydrogen-bond acceptors (Lipinski definition) is 2. The summed E-state index contributed by atoms with van der Waals surface area (Å²) in [4.78, 5) is 14.6. The molecular weight excluding hydrogens is 228 g/mol. The van der Waals surface area contributed by atoms with Crippen molar-refractivity contribution in [1.82, 2.24) is 10.3 Å². The lowest BCUT2D eigenvalue weighted by Gasteiger charge is -2.30. The summed E-state index contributed by atoms with van der Waals surface area (Å²) in [6, 6.07) is 7.66. The Kier molecular flexibility index (Phi) is 3.13. The third-order valence-electron chi connectivity index (χ3n) is 3.49. The maximum Gasteiger partial charge on any atom is 0.311 e. The minimum absolute atomic E-state index is 0.244. The molecule has 1 atom stereocenters. The van der Waals surface area contributed by atoms with Crippen LogP contribution in [-0.2, 0) is 4.79 Å². The van der Waals surface area contributed by atoms with Crippen molar-refractivity contribution in [2.75, 3.05) is 7.05 Å². The summed E-state index contributed by atoms with van der Waals surface area (Å²) in [5, 5.41) is 13.5. The molecule has 1 aromatic heterocycles. The first kappa shape index (κ1) is 12.6. The van der Waals surface area contributed by atoms with Crippen LogP contribution in [0.5, 0.6) is 0 Å². The predicted molar refractivity (Wildman–Crippen MR) is 71.5 cm³/mol. The van der Waals surface area contributed by atoms with Crippen molar-refractivity contribution in [3.05, 3.63) is 36.0 Å². The molecule has 0 spiro atoms. The highest BCUT2D eigenvalue weighted by Gasteiger charge is 2.38. The van der Waals surface area contributed by atoms with Gasteiger partial charge in [-0.2, -0.15) is 0 Å². The van der Waals surface area contributed by atoms with E-state index in [1.807, 2.05) is 30.5 Å². The highest BCUT2D eigenvalue weighted by atomic mass is 16.4. The number of carboxylic acids is 1. The Bertz CT molecular complexity index is 572. The lowest BCUT2D eigenvalue weighted by Crippen LogP contribution is -2.38. The molecule has 0 amide bonds. The molecule has 2 aromatic rings. The molecule has 18 heavy (non-hydrogen) atoms. The summed E-state index contributed by atoms with van der Waals surface area (Å²) in [6.07, 6.45) is 1.89. The van der Waals surface area contributed by atoms with E-state index in [4.69, 9.17) is 0 Å². The Morgan fingerprint density at radius 2 is 2.06 bits per heavy atom. The molecule has 96 valence electrons. The third-order valence-corrected chi connectivity index (χ3v) is 3.49. The fraction of sp³-hybridized carbons (Fsp3) is 0.357. The van der Waals surface area contributed by atoms with Crippen LogP contribution in [-0.4, -0.2) is 23.1 Å². The first-order chi connectivity index (χ1) is 8.48. The van der Waals surface area contributed by atoms with E-state index in [-0.39, 0.29) is 6.04 Å². The Morgan fingerprint density at radius 3 is 2.67 bits per heavy atom. The number of carbonyl (C=O) groups is 1. The SMILES string of the molecule is CNC(c1c[nH]c2ccccc12)C(C)(C)C(=O)O. The van der Waals surface area contributed by atoms with Gasteiger partial charge in [-0.05, 0) is 32.5 Å². The van der Waals surface area contributed by atoms with Crippen molar-refractivity contribution >= 4 is 16.9 Å². The largest absolute Gasteiger partial charge is 0.481 e. The second-order valence-corrected chi connectivity index (χ2v) is 5.04. The Labute approximate surface area is 106 Å². The molecule has 0 aliphatic carbocycles. The number of nitrogens with one attached hydrogen (secondary N) is 2. The summed E-state index contributed by atoms with van der Waals surface area (Å²) in [5.41, 5.74) is 1.13. The minimum atomic E-state index is -0.875. The fourth-order valence-corrected chi connectivity index (χ4v) is 2.36. The zero-order chi connectivity index (χ0) is 13.3. The van der Waals surface area contributed by atoms with Crippen LogP contribution in [0.15, 0.2) is 30.5 Å². The quantitative estimate of drug-likeness (QED) is 0.776. The molecule has 1 aromatic carbocycles. The van der Waals surface area contributed by atoms with Crippen molar-refractivity contribution < 1.29 is 9.90 Å². The molecule has 0 saturated carbocycles. The standard InChI is InChI=1S/C14H18N2O2/c1-14(2,13(17)18)12(15-3)10-8-16-11-7-5-4-6-9(10)11/h4-8,12,15-16H,1-3H3,(H,17,18). The molecule has 4 nitrogen and oxygen atoms in total. The number of carboxylic acid groups (broad SMARTS) is 1. The van der Waals surface area contributed by atoms with Crippen LogP contribution in [0, 0.1) is 5.41 Å². The highest BCUT2D eigenvalue weighted by molar-refractivity contribution is 5.85. The summed E-state index contributed by atoms with van der Waals surface area (Å²) < 4.78 is 0. The normalized spacial score (nSPS) is 13.7.